The lowest BCUT2D eigenvalue weighted by Crippen LogP contribution is -2.38. The standard InChI is InChI=1S/C23H21N3O5/c1-2-11-25-18-13-15(9-10-19(18)31-14-21(25)28)24-20(27)8-5-12-26-22(29)16-6-3-4-7-17(16)23(26)30/h2-4,6-7,9-10,13H,1,5,8,11-12,14H2,(H,24,27). The second-order valence-electron chi connectivity index (χ2n) is 7.22. The number of carbonyl (C=O) groups excluding carboxylic acids is 4. The topological polar surface area (TPSA) is 96.0 Å². The van der Waals surface area contributed by atoms with Gasteiger partial charge in [0.25, 0.3) is 17.7 Å². The molecule has 0 aromatic heterocycles. The summed E-state index contributed by atoms with van der Waals surface area (Å²) in [7, 11) is 0. The molecule has 0 saturated carbocycles. The van der Waals surface area contributed by atoms with Crippen molar-refractivity contribution in [2.24, 2.45) is 0 Å². The normalized spacial score (nSPS) is 14.8. The molecule has 2 aromatic carbocycles. The molecule has 0 saturated heterocycles. The van der Waals surface area contributed by atoms with Crippen LogP contribution < -0.4 is 15.0 Å². The Morgan fingerprint density at radius 3 is 2.45 bits per heavy atom. The predicted molar refractivity (Wildman–Crippen MR) is 114 cm³/mol. The van der Waals surface area contributed by atoms with Gasteiger partial charge in [0.1, 0.15) is 5.75 Å². The molecule has 8 heteroatoms. The number of imide groups is 1. The van der Waals surface area contributed by atoms with Gasteiger partial charge in [0.05, 0.1) is 16.8 Å². The Bertz CT molecular complexity index is 1060. The molecule has 0 unspecified atom stereocenters. The lowest BCUT2D eigenvalue weighted by atomic mass is 10.1. The number of ether oxygens (including phenoxy) is 1. The monoisotopic (exact) mass is 419 g/mol. The molecule has 0 fully saturated rings. The Labute approximate surface area is 179 Å². The Hall–Kier alpha value is -3.94. The SMILES string of the molecule is C=CCN1C(=O)COc2ccc(NC(=O)CCCN3C(=O)c4ccccc4C3=O)cc21. The van der Waals surface area contributed by atoms with E-state index < -0.39 is 0 Å². The van der Waals surface area contributed by atoms with Gasteiger partial charge in [-0.2, -0.15) is 0 Å². The number of rotatable bonds is 7. The number of nitrogens with one attached hydrogen (secondary N) is 1. The highest BCUT2D eigenvalue weighted by atomic mass is 16.5. The summed E-state index contributed by atoms with van der Waals surface area (Å²) < 4.78 is 5.43. The molecule has 1 N–H and O–H groups in total. The van der Waals surface area contributed by atoms with E-state index in [4.69, 9.17) is 4.74 Å². The average Bonchev–Trinajstić information content (AvgIpc) is 3.01. The van der Waals surface area contributed by atoms with Crippen LogP contribution in [0.2, 0.25) is 0 Å². The van der Waals surface area contributed by atoms with Crippen LogP contribution in [-0.2, 0) is 9.59 Å². The van der Waals surface area contributed by atoms with E-state index in [9.17, 15) is 19.2 Å². The van der Waals surface area contributed by atoms with Crippen LogP contribution in [0.15, 0.2) is 55.1 Å². The van der Waals surface area contributed by atoms with Crippen molar-refractivity contribution >= 4 is 35.0 Å². The number of hydrogen-bond donors (Lipinski definition) is 1. The zero-order valence-electron chi connectivity index (χ0n) is 16.8. The Balaban J connectivity index is 1.35. The molecule has 0 bridgehead atoms. The van der Waals surface area contributed by atoms with Gasteiger partial charge < -0.3 is 15.0 Å². The van der Waals surface area contributed by atoms with Crippen molar-refractivity contribution in [3.05, 3.63) is 66.2 Å². The van der Waals surface area contributed by atoms with Crippen molar-refractivity contribution in [2.75, 3.05) is 29.9 Å². The van der Waals surface area contributed by atoms with Crippen LogP contribution >= 0.6 is 0 Å². The van der Waals surface area contributed by atoms with E-state index in [2.05, 4.69) is 11.9 Å². The van der Waals surface area contributed by atoms with Crippen LogP contribution in [-0.4, -0.2) is 48.2 Å². The second-order valence-corrected chi connectivity index (χ2v) is 7.22. The van der Waals surface area contributed by atoms with Gasteiger partial charge in [0.2, 0.25) is 5.91 Å². The smallest absolute Gasteiger partial charge is 0.265 e. The Kier molecular flexibility index (Phi) is 5.53. The largest absolute Gasteiger partial charge is 0.482 e. The van der Waals surface area contributed by atoms with Gasteiger partial charge in [0.15, 0.2) is 6.61 Å². The third-order valence-corrected chi connectivity index (χ3v) is 5.16. The van der Waals surface area contributed by atoms with Crippen molar-refractivity contribution in [3.8, 4) is 5.75 Å². The van der Waals surface area contributed by atoms with Crippen molar-refractivity contribution in [2.45, 2.75) is 12.8 Å². The highest BCUT2D eigenvalue weighted by Gasteiger charge is 2.34. The molecule has 0 atom stereocenters. The summed E-state index contributed by atoms with van der Waals surface area (Å²) >= 11 is 0. The lowest BCUT2D eigenvalue weighted by molar-refractivity contribution is -0.121. The third kappa shape index (κ3) is 3.92. The number of hydrogen-bond acceptors (Lipinski definition) is 5. The summed E-state index contributed by atoms with van der Waals surface area (Å²) in [6.45, 7) is 4.14. The van der Waals surface area contributed by atoms with Gasteiger partial charge >= 0.3 is 0 Å². The number of nitrogens with zero attached hydrogens (tertiary/aromatic N) is 2. The van der Waals surface area contributed by atoms with E-state index in [0.29, 0.717) is 41.2 Å². The maximum Gasteiger partial charge on any atom is 0.265 e. The fraction of sp³-hybridized carbons (Fsp3) is 0.217. The van der Waals surface area contributed by atoms with Gasteiger partial charge in [-0.1, -0.05) is 18.2 Å². The van der Waals surface area contributed by atoms with Gasteiger partial charge in [0, 0.05) is 25.2 Å². The van der Waals surface area contributed by atoms with Crippen LogP contribution in [0.3, 0.4) is 0 Å². The Morgan fingerprint density at radius 1 is 1.06 bits per heavy atom. The van der Waals surface area contributed by atoms with Gasteiger partial charge in [-0.15, -0.1) is 6.58 Å². The molecular formula is C23H21N3O5. The number of fused-ring (bicyclic) bond motifs is 2. The fourth-order valence-corrected chi connectivity index (χ4v) is 3.67. The molecule has 31 heavy (non-hydrogen) atoms. The van der Waals surface area contributed by atoms with Crippen LogP contribution in [0.25, 0.3) is 0 Å². The molecule has 0 radical (unpaired) electrons. The molecule has 4 amide bonds. The summed E-state index contributed by atoms with van der Waals surface area (Å²) in [5.74, 6) is -0.540. The molecule has 2 aliphatic heterocycles. The average molecular weight is 419 g/mol. The molecule has 158 valence electrons. The van der Waals surface area contributed by atoms with Gasteiger partial charge in [-0.05, 0) is 36.8 Å². The summed E-state index contributed by atoms with van der Waals surface area (Å²) in [4.78, 5) is 51.9. The first-order valence-corrected chi connectivity index (χ1v) is 9.93. The molecule has 0 aliphatic carbocycles. The van der Waals surface area contributed by atoms with E-state index in [0.717, 1.165) is 0 Å². The molecule has 0 spiro atoms. The van der Waals surface area contributed by atoms with Crippen LogP contribution in [0.1, 0.15) is 33.6 Å². The lowest BCUT2D eigenvalue weighted by Gasteiger charge is -2.28. The fourth-order valence-electron chi connectivity index (χ4n) is 3.67. The van der Waals surface area contributed by atoms with Crippen LogP contribution in [0.5, 0.6) is 5.75 Å². The molecular weight excluding hydrogens is 398 g/mol. The van der Waals surface area contributed by atoms with Crippen molar-refractivity contribution in [1.82, 2.24) is 4.90 Å². The minimum absolute atomic E-state index is 0.0373. The maximum absolute atomic E-state index is 12.4. The third-order valence-electron chi connectivity index (χ3n) is 5.16. The molecule has 8 nitrogen and oxygen atoms in total. The summed E-state index contributed by atoms with van der Waals surface area (Å²) in [5, 5.41) is 2.79. The first kappa shape index (κ1) is 20.3. The van der Waals surface area contributed by atoms with E-state index in [-0.39, 0.29) is 43.2 Å². The summed E-state index contributed by atoms with van der Waals surface area (Å²) in [6, 6.07) is 11.8. The molecule has 4 rings (SSSR count). The predicted octanol–water partition coefficient (Wildman–Crippen LogP) is 2.61. The Morgan fingerprint density at radius 2 is 1.77 bits per heavy atom. The quantitative estimate of drug-likeness (QED) is 0.550. The van der Waals surface area contributed by atoms with Crippen molar-refractivity contribution < 1.29 is 23.9 Å². The maximum atomic E-state index is 12.4. The molecule has 2 aliphatic rings. The van der Waals surface area contributed by atoms with Crippen LogP contribution in [0, 0.1) is 0 Å². The first-order valence-electron chi connectivity index (χ1n) is 9.93. The van der Waals surface area contributed by atoms with Crippen molar-refractivity contribution in [3.63, 3.8) is 0 Å². The van der Waals surface area contributed by atoms with Gasteiger partial charge in [-0.3, -0.25) is 24.1 Å². The second kappa shape index (κ2) is 8.43. The van der Waals surface area contributed by atoms with Gasteiger partial charge in [-0.25, -0.2) is 0 Å². The zero-order chi connectivity index (χ0) is 22.0. The number of amides is 4. The number of benzene rings is 2. The summed E-state index contributed by atoms with van der Waals surface area (Å²) in [6.07, 6.45) is 2.10. The molecule has 2 aromatic rings. The van der Waals surface area contributed by atoms with E-state index >= 15 is 0 Å². The number of carbonyl (C=O) groups is 4. The molecule has 2 heterocycles. The minimum Gasteiger partial charge on any atom is -0.482 e. The van der Waals surface area contributed by atoms with E-state index in [1.807, 2.05) is 0 Å². The highest BCUT2D eigenvalue weighted by molar-refractivity contribution is 6.21. The number of anilines is 2. The highest BCUT2D eigenvalue weighted by Crippen LogP contribution is 2.34. The summed E-state index contributed by atoms with van der Waals surface area (Å²) in [5.41, 5.74) is 1.88. The zero-order valence-corrected chi connectivity index (χ0v) is 16.8. The van der Waals surface area contributed by atoms with Crippen LogP contribution in [0.4, 0.5) is 11.4 Å². The minimum atomic E-state index is -0.331. The van der Waals surface area contributed by atoms with Crippen molar-refractivity contribution in [1.29, 1.82) is 0 Å². The van der Waals surface area contributed by atoms with E-state index in [1.165, 1.54) is 4.90 Å². The first-order chi connectivity index (χ1) is 15.0. The van der Waals surface area contributed by atoms with E-state index in [1.54, 1.807) is 53.4 Å².